The molecule has 0 aromatic heterocycles. The molecule has 1 aromatic carbocycles. The summed E-state index contributed by atoms with van der Waals surface area (Å²) < 4.78 is 4.97. The Kier molecular flexibility index (Phi) is 2.84. The van der Waals surface area contributed by atoms with Crippen molar-refractivity contribution in [3.8, 4) is 5.75 Å². The van der Waals surface area contributed by atoms with Crippen molar-refractivity contribution in [2.75, 3.05) is 26.1 Å². The number of ether oxygens (including phenoxy) is 1. The minimum atomic E-state index is 0.393. The summed E-state index contributed by atoms with van der Waals surface area (Å²) in [7, 11) is 5.27. The van der Waals surface area contributed by atoms with Crippen molar-refractivity contribution in [1.29, 1.82) is 0 Å². The van der Waals surface area contributed by atoms with E-state index in [-0.39, 0.29) is 0 Å². The lowest BCUT2D eigenvalue weighted by Crippen LogP contribution is -2.08. The Bertz CT molecular complexity index is 310. The van der Waals surface area contributed by atoms with Crippen LogP contribution >= 0.6 is 0 Å². The number of anilines is 1. The van der Waals surface area contributed by atoms with Crippen LogP contribution in [0.3, 0.4) is 0 Å². The molecule has 0 saturated carbocycles. The quantitative estimate of drug-likeness (QED) is 0.669. The van der Waals surface area contributed by atoms with Crippen molar-refractivity contribution < 1.29 is 4.74 Å². The van der Waals surface area contributed by atoms with Gasteiger partial charge in [0.15, 0.2) is 0 Å². The molecule has 0 aliphatic rings. The van der Waals surface area contributed by atoms with Gasteiger partial charge in [-0.1, -0.05) is 0 Å². The van der Waals surface area contributed by atoms with Crippen LogP contribution < -0.4 is 9.64 Å². The van der Waals surface area contributed by atoms with E-state index < -0.39 is 0 Å². The van der Waals surface area contributed by atoms with Crippen molar-refractivity contribution in [2.45, 2.75) is 0 Å². The van der Waals surface area contributed by atoms with E-state index in [0.29, 0.717) is 11.4 Å². The van der Waals surface area contributed by atoms with E-state index in [4.69, 9.17) is 4.74 Å². The first-order valence-electron chi connectivity index (χ1n) is 3.87. The molecule has 0 bridgehead atoms. The lowest BCUT2D eigenvalue weighted by atomic mass is 10.2. The topological polar surface area (TPSA) is 41.9 Å². The minimum absolute atomic E-state index is 0.393. The van der Waals surface area contributed by atoms with E-state index in [1.54, 1.807) is 25.3 Å². The van der Waals surface area contributed by atoms with Gasteiger partial charge in [0, 0.05) is 20.2 Å². The summed E-state index contributed by atoms with van der Waals surface area (Å²) in [5, 5.41) is 2.93. The Hall–Kier alpha value is -1.58. The van der Waals surface area contributed by atoms with E-state index in [2.05, 4.69) is 5.18 Å². The molecule has 0 aliphatic heterocycles. The first kappa shape index (κ1) is 9.51. The van der Waals surface area contributed by atoms with Crippen molar-refractivity contribution in [3.05, 3.63) is 23.1 Å². The molecule has 13 heavy (non-hydrogen) atoms. The average Bonchev–Trinajstić information content (AvgIpc) is 2.16. The molecule has 0 N–H and O–H groups in total. The van der Waals surface area contributed by atoms with Crippen LogP contribution in [0.15, 0.2) is 23.4 Å². The number of methoxy groups -OCH3 is 1. The third-order valence-corrected chi connectivity index (χ3v) is 1.76. The molecule has 0 radical (unpaired) electrons. The Morgan fingerprint density at radius 1 is 1.38 bits per heavy atom. The summed E-state index contributed by atoms with van der Waals surface area (Å²) in [6.07, 6.45) is 0. The highest BCUT2D eigenvalue weighted by atomic mass is 16.5. The molecule has 0 aliphatic carbocycles. The third kappa shape index (κ3) is 1.96. The second-order valence-corrected chi connectivity index (χ2v) is 2.84. The molecule has 0 heterocycles. The summed E-state index contributed by atoms with van der Waals surface area (Å²) in [6.45, 7) is 0. The van der Waals surface area contributed by atoms with Crippen molar-refractivity contribution >= 4 is 11.4 Å². The summed E-state index contributed by atoms with van der Waals surface area (Å²) in [5.41, 5.74) is 1.18. The molecule has 70 valence electrons. The van der Waals surface area contributed by atoms with Crippen LogP contribution in [-0.2, 0) is 0 Å². The van der Waals surface area contributed by atoms with Crippen LogP contribution in [0.2, 0.25) is 0 Å². The van der Waals surface area contributed by atoms with Crippen LogP contribution in [-0.4, -0.2) is 21.2 Å². The van der Waals surface area contributed by atoms with E-state index >= 15 is 0 Å². The molecular weight excluding hydrogens is 168 g/mol. The normalized spacial score (nSPS) is 9.46. The standard InChI is InChI=1S/C9H12N2O2/c1-11(2)9-5-4-7(13-3)6-8(9)10-12/h4-6H,1-3H3. The zero-order valence-electron chi connectivity index (χ0n) is 7.94. The zero-order chi connectivity index (χ0) is 9.84. The molecule has 0 saturated heterocycles. The third-order valence-electron chi connectivity index (χ3n) is 1.76. The van der Waals surface area contributed by atoms with Crippen molar-refractivity contribution in [2.24, 2.45) is 5.18 Å². The summed E-state index contributed by atoms with van der Waals surface area (Å²) in [4.78, 5) is 12.3. The fourth-order valence-electron chi connectivity index (χ4n) is 1.08. The van der Waals surface area contributed by atoms with Gasteiger partial charge in [-0.05, 0) is 17.3 Å². The highest BCUT2D eigenvalue weighted by Gasteiger charge is 2.05. The summed E-state index contributed by atoms with van der Waals surface area (Å²) in [6, 6.07) is 5.21. The average molecular weight is 180 g/mol. The second-order valence-electron chi connectivity index (χ2n) is 2.84. The predicted octanol–water partition coefficient (Wildman–Crippen LogP) is 2.16. The van der Waals surface area contributed by atoms with Gasteiger partial charge in [0.1, 0.15) is 11.4 Å². The van der Waals surface area contributed by atoms with Gasteiger partial charge < -0.3 is 9.64 Å². The molecule has 4 heteroatoms. The summed E-state index contributed by atoms with van der Waals surface area (Å²) in [5.74, 6) is 0.639. The molecule has 0 amide bonds. The smallest absolute Gasteiger partial charge is 0.134 e. The van der Waals surface area contributed by atoms with Gasteiger partial charge in [-0.15, -0.1) is 4.91 Å². The number of nitrogens with zero attached hydrogens (tertiary/aromatic N) is 2. The minimum Gasteiger partial charge on any atom is -0.497 e. The van der Waals surface area contributed by atoms with E-state index in [1.807, 2.05) is 19.0 Å². The first-order valence-corrected chi connectivity index (χ1v) is 3.87. The van der Waals surface area contributed by atoms with Crippen LogP contribution in [0.4, 0.5) is 11.4 Å². The molecular formula is C9H12N2O2. The van der Waals surface area contributed by atoms with Gasteiger partial charge >= 0.3 is 0 Å². The Labute approximate surface area is 77.1 Å². The molecule has 4 nitrogen and oxygen atoms in total. The van der Waals surface area contributed by atoms with Gasteiger partial charge in [-0.2, -0.15) is 0 Å². The predicted molar refractivity (Wildman–Crippen MR) is 52.8 cm³/mol. The molecule has 1 aromatic rings. The first-order chi connectivity index (χ1) is 6.19. The van der Waals surface area contributed by atoms with E-state index in [0.717, 1.165) is 5.69 Å². The number of rotatable bonds is 3. The van der Waals surface area contributed by atoms with Crippen molar-refractivity contribution in [3.63, 3.8) is 0 Å². The van der Waals surface area contributed by atoms with E-state index in [1.165, 1.54) is 0 Å². The monoisotopic (exact) mass is 180 g/mol. The number of nitroso groups, excluding NO2 is 1. The maximum absolute atomic E-state index is 10.5. The Morgan fingerprint density at radius 3 is 2.54 bits per heavy atom. The molecule has 0 fully saturated rings. The van der Waals surface area contributed by atoms with Crippen LogP contribution in [0.1, 0.15) is 0 Å². The SMILES string of the molecule is COc1ccc(N(C)C)c(N=O)c1. The lowest BCUT2D eigenvalue weighted by Gasteiger charge is -2.14. The van der Waals surface area contributed by atoms with E-state index in [9.17, 15) is 4.91 Å². The number of hydrogen-bond acceptors (Lipinski definition) is 4. The fraction of sp³-hybridized carbons (Fsp3) is 0.333. The van der Waals surface area contributed by atoms with Gasteiger partial charge in [-0.3, -0.25) is 0 Å². The Balaban J connectivity index is 3.15. The lowest BCUT2D eigenvalue weighted by molar-refractivity contribution is 0.415. The largest absolute Gasteiger partial charge is 0.497 e. The molecule has 0 spiro atoms. The zero-order valence-corrected chi connectivity index (χ0v) is 7.94. The number of hydrogen-bond donors (Lipinski definition) is 0. The molecule has 0 unspecified atom stereocenters. The molecule has 0 atom stereocenters. The van der Waals surface area contributed by atoms with Crippen LogP contribution in [0, 0.1) is 4.91 Å². The van der Waals surface area contributed by atoms with Crippen molar-refractivity contribution in [1.82, 2.24) is 0 Å². The van der Waals surface area contributed by atoms with Gasteiger partial charge in [0.05, 0.1) is 12.8 Å². The maximum Gasteiger partial charge on any atom is 0.134 e. The Morgan fingerprint density at radius 2 is 2.08 bits per heavy atom. The van der Waals surface area contributed by atoms with Gasteiger partial charge in [-0.25, -0.2) is 0 Å². The highest BCUT2D eigenvalue weighted by molar-refractivity contribution is 5.68. The van der Waals surface area contributed by atoms with Gasteiger partial charge in [0.2, 0.25) is 0 Å². The fourth-order valence-corrected chi connectivity index (χ4v) is 1.08. The molecule has 1 rings (SSSR count). The van der Waals surface area contributed by atoms with Crippen LogP contribution in [0.25, 0.3) is 0 Å². The van der Waals surface area contributed by atoms with Gasteiger partial charge in [0.25, 0.3) is 0 Å². The second kappa shape index (κ2) is 3.89. The highest BCUT2D eigenvalue weighted by Crippen LogP contribution is 2.30. The number of benzene rings is 1. The van der Waals surface area contributed by atoms with Crippen LogP contribution in [0.5, 0.6) is 5.75 Å². The maximum atomic E-state index is 10.5. The summed E-state index contributed by atoms with van der Waals surface area (Å²) >= 11 is 0.